The summed E-state index contributed by atoms with van der Waals surface area (Å²) in [7, 11) is 0. The molecule has 0 bridgehead atoms. The SMILES string of the molecule is Cc1ccc(SCC(=O)O[C@@H](C)C(=O)Nc2ccc(C(F)(F)F)cc2)c(C)c1. The number of hydrogen-bond acceptors (Lipinski definition) is 4. The first-order chi connectivity index (χ1) is 13.1. The molecule has 8 heteroatoms. The van der Waals surface area contributed by atoms with Gasteiger partial charge in [-0.3, -0.25) is 9.59 Å². The lowest BCUT2D eigenvalue weighted by Gasteiger charge is -2.14. The topological polar surface area (TPSA) is 55.4 Å². The average Bonchev–Trinajstić information content (AvgIpc) is 2.60. The van der Waals surface area contributed by atoms with Crippen LogP contribution < -0.4 is 5.32 Å². The zero-order valence-corrected chi connectivity index (χ0v) is 16.4. The second-order valence-electron chi connectivity index (χ2n) is 6.25. The number of ether oxygens (including phenoxy) is 1. The molecule has 1 amide bonds. The monoisotopic (exact) mass is 411 g/mol. The first kappa shape index (κ1) is 21.8. The summed E-state index contributed by atoms with van der Waals surface area (Å²) in [5, 5.41) is 2.42. The van der Waals surface area contributed by atoms with Crippen LogP contribution in [0.4, 0.5) is 18.9 Å². The van der Waals surface area contributed by atoms with Gasteiger partial charge in [-0.1, -0.05) is 17.7 Å². The van der Waals surface area contributed by atoms with E-state index in [0.29, 0.717) is 0 Å². The van der Waals surface area contributed by atoms with E-state index in [1.165, 1.54) is 18.7 Å². The Morgan fingerprint density at radius 3 is 2.32 bits per heavy atom. The molecule has 0 unspecified atom stereocenters. The molecule has 1 atom stereocenters. The van der Waals surface area contributed by atoms with Crippen molar-refractivity contribution in [2.45, 2.75) is 37.9 Å². The minimum atomic E-state index is -4.45. The third kappa shape index (κ3) is 6.30. The molecule has 28 heavy (non-hydrogen) atoms. The smallest absolute Gasteiger partial charge is 0.416 e. The van der Waals surface area contributed by atoms with Gasteiger partial charge in [0.15, 0.2) is 6.10 Å². The average molecular weight is 411 g/mol. The van der Waals surface area contributed by atoms with Crippen molar-refractivity contribution < 1.29 is 27.5 Å². The molecule has 2 rings (SSSR count). The highest BCUT2D eigenvalue weighted by atomic mass is 32.2. The number of anilines is 1. The number of amides is 1. The van der Waals surface area contributed by atoms with E-state index in [4.69, 9.17) is 4.74 Å². The fourth-order valence-corrected chi connectivity index (χ4v) is 3.16. The van der Waals surface area contributed by atoms with Gasteiger partial charge in [0.1, 0.15) is 0 Å². The summed E-state index contributed by atoms with van der Waals surface area (Å²) in [6.45, 7) is 5.33. The van der Waals surface area contributed by atoms with Crippen molar-refractivity contribution in [3.8, 4) is 0 Å². The number of carbonyl (C=O) groups excluding carboxylic acids is 2. The Bertz CT molecular complexity index is 851. The third-order valence-electron chi connectivity index (χ3n) is 3.83. The Balaban J connectivity index is 1.85. The normalized spacial score (nSPS) is 12.4. The maximum atomic E-state index is 12.5. The summed E-state index contributed by atoms with van der Waals surface area (Å²) in [6, 6.07) is 9.90. The molecular formula is C20H20F3NO3S. The molecule has 0 saturated heterocycles. The predicted molar refractivity (Wildman–Crippen MR) is 102 cm³/mol. The number of rotatable bonds is 6. The number of alkyl halides is 3. The highest BCUT2D eigenvalue weighted by Gasteiger charge is 2.30. The maximum absolute atomic E-state index is 12.5. The predicted octanol–water partition coefficient (Wildman–Crippen LogP) is 4.98. The molecule has 1 N–H and O–H groups in total. The van der Waals surface area contributed by atoms with Crippen LogP contribution in [0.5, 0.6) is 0 Å². The Morgan fingerprint density at radius 1 is 1.11 bits per heavy atom. The molecule has 0 saturated carbocycles. The maximum Gasteiger partial charge on any atom is 0.416 e. The second kappa shape index (κ2) is 9.14. The van der Waals surface area contributed by atoms with Crippen molar-refractivity contribution in [2.75, 3.05) is 11.1 Å². The van der Waals surface area contributed by atoms with E-state index in [2.05, 4.69) is 5.32 Å². The van der Waals surface area contributed by atoms with Crippen molar-refractivity contribution in [3.63, 3.8) is 0 Å². The lowest BCUT2D eigenvalue weighted by molar-refractivity contribution is -0.150. The summed E-state index contributed by atoms with van der Waals surface area (Å²) >= 11 is 1.31. The van der Waals surface area contributed by atoms with Gasteiger partial charge in [-0.2, -0.15) is 13.2 Å². The van der Waals surface area contributed by atoms with Crippen LogP contribution in [-0.2, 0) is 20.5 Å². The first-order valence-corrected chi connectivity index (χ1v) is 9.42. The lowest BCUT2D eigenvalue weighted by atomic mass is 10.2. The van der Waals surface area contributed by atoms with Crippen LogP contribution in [0.25, 0.3) is 0 Å². The number of carbonyl (C=O) groups is 2. The van der Waals surface area contributed by atoms with Crippen molar-refractivity contribution in [1.82, 2.24) is 0 Å². The molecule has 0 heterocycles. The van der Waals surface area contributed by atoms with Crippen LogP contribution in [0, 0.1) is 13.8 Å². The fourth-order valence-electron chi connectivity index (χ4n) is 2.37. The quantitative estimate of drug-likeness (QED) is 0.538. The van der Waals surface area contributed by atoms with Crippen LogP contribution in [-0.4, -0.2) is 23.7 Å². The molecule has 0 aliphatic carbocycles. The summed E-state index contributed by atoms with van der Waals surface area (Å²) in [4.78, 5) is 25.0. The van der Waals surface area contributed by atoms with Crippen molar-refractivity contribution in [2.24, 2.45) is 0 Å². The van der Waals surface area contributed by atoms with E-state index in [1.54, 1.807) is 0 Å². The van der Waals surface area contributed by atoms with Gasteiger partial charge < -0.3 is 10.1 Å². The van der Waals surface area contributed by atoms with Crippen molar-refractivity contribution in [3.05, 3.63) is 59.2 Å². The summed E-state index contributed by atoms with van der Waals surface area (Å²) in [5.74, 6) is -1.13. The number of hydrogen-bond donors (Lipinski definition) is 1. The van der Waals surface area contributed by atoms with Gasteiger partial charge in [-0.15, -0.1) is 11.8 Å². The van der Waals surface area contributed by atoms with E-state index in [1.807, 2.05) is 32.0 Å². The summed E-state index contributed by atoms with van der Waals surface area (Å²) in [5.41, 5.74) is 1.54. The Morgan fingerprint density at radius 2 is 1.75 bits per heavy atom. The van der Waals surface area contributed by atoms with Gasteiger partial charge in [0.25, 0.3) is 5.91 Å². The zero-order chi connectivity index (χ0) is 20.9. The largest absolute Gasteiger partial charge is 0.452 e. The number of benzene rings is 2. The van der Waals surface area contributed by atoms with Crippen LogP contribution in [0.15, 0.2) is 47.4 Å². The molecule has 0 fully saturated rings. The van der Waals surface area contributed by atoms with Gasteiger partial charge >= 0.3 is 12.1 Å². The van der Waals surface area contributed by atoms with Gasteiger partial charge in [-0.05, 0) is 56.7 Å². The minimum Gasteiger partial charge on any atom is -0.452 e. The van der Waals surface area contributed by atoms with Gasteiger partial charge in [0.05, 0.1) is 11.3 Å². The van der Waals surface area contributed by atoms with Crippen LogP contribution in [0.3, 0.4) is 0 Å². The Kier molecular flexibility index (Phi) is 7.12. The molecular weight excluding hydrogens is 391 g/mol. The van der Waals surface area contributed by atoms with E-state index < -0.39 is 29.7 Å². The van der Waals surface area contributed by atoms with Crippen molar-refractivity contribution in [1.29, 1.82) is 0 Å². The molecule has 4 nitrogen and oxygen atoms in total. The molecule has 0 radical (unpaired) electrons. The van der Waals surface area contributed by atoms with E-state index in [9.17, 15) is 22.8 Å². The van der Waals surface area contributed by atoms with Crippen molar-refractivity contribution >= 4 is 29.3 Å². The Hall–Kier alpha value is -2.48. The number of thioether (sulfide) groups is 1. The van der Waals surface area contributed by atoms with Gasteiger partial charge in [-0.25, -0.2) is 0 Å². The second-order valence-corrected chi connectivity index (χ2v) is 7.27. The zero-order valence-electron chi connectivity index (χ0n) is 15.6. The molecule has 2 aromatic carbocycles. The van der Waals surface area contributed by atoms with E-state index in [0.717, 1.165) is 40.3 Å². The number of nitrogens with one attached hydrogen (secondary N) is 1. The molecule has 0 aromatic heterocycles. The first-order valence-electron chi connectivity index (χ1n) is 8.44. The fraction of sp³-hybridized carbons (Fsp3) is 0.300. The number of halogens is 3. The van der Waals surface area contributed by atoms with E-state index in [-0.39, 0.29) is 11.4 Å². The third-order valence-corrected chi connectivity index (χ3v) is 4.98. The molecule has 2 aromatic rings. The summed E-state index contributed by atoms with van der Waals surface area (Å²) in [6.07, 6.45) is -5.52. The highest BCUT2D eigenvalue weighted by Crippen LogP contribution is 2.30. The van der Waals surface area contributed by atoms with E-state index >= 15 is 0 Å². The van der Waals surface area contributed by atoms with Crippen LogP contribution >= 0.6 is 11.8 Å². The van der Waals surface area contributed by atoms with Crippen LogP contribution in [0.1, 0.15) is 23.6 Å². The lowest BCUT2D eigenvalue weighted by Crippen LogP contribution is -2.30. The Labute approximate surface area is 165 Å². The highest BCUT2D eigenvalue weighted by molar-refractivity contribution is 8.00. The van der Waals surface area contributed by atoms with Gasteiger partial charge in [0, 0.05) is 10.6 Å². The van der Waals surface area contributed by atoms with Gasteiger partial charge in [0.2, 0.25) is 0 Å². The molecule has 0 aliphatic rings. The molecule has 150 valence electrons. The number of esters is 1. The molecule has 0 spiro atoms. The minimum absolute atomic E-state index is 0.0435. The number of aryl methyl sites for hydroxylation is 2. The summed E-state index contributed by atoms with van der Waals surface area (Å²) < 4.78 is 42.7. The standard InChI is InChI=1S/C20H20F3NO3S/c1-12-4-9-17(13(2)10-12)28-11-18(25)27-14(3)19(26)24-16-7-5-15(6-8-16)20(21,22)23/h4-10,14H,11H2,1-3H3,(H,24,26)/t14-/m0/s1. The van der Waals surface area contributed by atoms with Crippen LogP contribution in [0.2, 0.25) is 0 Å². The molecule has 0 aliphatic heterocycles.